The molecule has 15 heteroatoms. The molecule has 4 aromatic rings. The highest BCUT2D eigenvalue weighted by Gasteiger charge is 2.29. The monoisotopic (exact) mass is 531 g/mol. The Kier molecular flexibility index (Phi) is 7.01. The Bertz CT molecular complexity index is 1520. The predicted octanol–water partition coefficient (Wildman–Crippen LogP) is 3.03. The topological polar surface area (TPSA) is 147 Å². The standard InChI is InChI=1S/C23H21F4N9O2/c1-22(2,38)18(24)10-31-21(37)16-9-29-19(36-20-14(7-33-36)3-13(5-28)6-30-20)4-17(16)34-15-8-32-35(11-15)12-23(25,26)27/h3-4,6-9,11,18,38H,10,12H2,1-2H3,(H,29,34)(H,31,37)/t18-/m1/s1. The maximum absolute atomic E-state index is 14.2. The third kappa shape index (κ3) is 6.03. The molecule has 0 saturated carbocycles. The summed E-state index contributed by atoms with van der Waals surface area (Å²) >= 11 is 0. The molecule has 1 amide bonds. The summed E-state index contributed by atoms with van der Waals surface area (Å²) in [5.41, 5.74) is -0.812. The third-order valence-electron chi connectivity index (χ3n) is 5.35. The van der Waals surface area contributed by atoms with E-state index in [1.54, 1.807) is 6.07 Å². The molecule has 0 radical (unpaired) electrons. The summed E-state index contributed by atoms with van der Waals surface area (Å²) in [6.07, 6.45) is 0.00596. The van der Waals surface area contributed by atoms with Crippen LogP contribution in [-0.4, -0.2) is 65.0 Å². The molecule has 0 aliphatic rings. The van der Waals surface area contributed by atoms with E-state index in [2.05, 4.69) is 30.8 Å². The van der Waals surface area contributed by atoms with Crippen LogP contribution >= 0.6 is 0 Å². The zero-order valence-electron chi connectivity index (χ0n) is 20.0. The van der Waals surface area contributed by atoms with Gasteiger partial charge < -0.3 is 15.7 Å². The number of fused-ring (bicyclic) bond motifs is 1. The average Bonchev–Trinajstić information content (AvgIpc) is 3.46. The first kappa shape index (κ1) is 26.5. The van der Waals surface area contributed by atoms with Crippen LogP contribution in [0.1, 0.15) is 29.8 Å². The van der Waals surface area contributed by atoms with Crippen LogP contribution in [0.5, 0.6) is 0 Å². The fraction of sp³-hybridized carbons (Fsp3) is 0.304. The molecule has 0 aliphatic carbocycles. The Morgan fingerprint density at radius 3 is 2.61 bits per heavy atom. The second-order valence-corrected chi connectivity index (χ2v) is 8.89. The van der Waals surface area contributed by atoms with Gasteiger partial charge in [0, 0.05) is 30.0 Å². The summed E-state index contributed by atoms with van der Waals surface area (Å²) in [6, 6.07) is 4.97. The first-order chi connectivity index (χ1) is 17.8. The molecule has 0 aliphatic heterocycles. The molecule has 0 spiro atoms. The minimum absolute atomic E-state index is 0.0588. The van der Waals surface area contributed by atoms with Gasteiger partial charge in [0.2, 0.25) is 0 Å². The van der Waals surface area contributed by atoms with Gasteiger partial charge in [-0.3, -0.25) is 9.48 Å². The number of nitrogens with zero attached hydrogens (tertiary/aromatic N) is 7. The molecule has 3 N–H and O–H groups in total. The van der Waals surface area contributed by atoms with Crippen LogP contribution in [0, 0.1) is 11.3 Å². The Hall–Kier alpha value is -4.58. The number of aromatic nitrogens is 6. The van der Waals surface area contributed by atoms with Crippen LogP contribution in [0.15, 0.2) is 43.1 Å². The van der Waals surface area contributed by atoms with Crippen molar-refractivity contribution in [1.82, 2.24) is 34.8 Å². The van der Waals surface area contributed by atoms with Crippen LogP contribution in [0.2, 0.25) is 0 Å². The van der Waals surface area contributed by atoms with Crippen LogP contribution in [0.3, 0.4) is 0 Å². The van der Waals surface area contributed by atoms with Gasteiger partial charge in [0.1, 0.15) is 18.8 Å². The number of halogens is 4. The van der Waals surface area contributed by atoms with Crippen LogP contribution in [0.4, 0.5) is 28.9 Å². The number of carbonyl (C=O) groups excluding carboxylic acids is 1. The third-order valence-corrected chi connectivity index (χ3v) is 5.35. The minimum atomic E-state index is -4.48. The van der Waals surface area contributed by atoms with Gasteiger partial charge in [0.25, 0.3) is 5.91 Å². The van der Waals surface area contributed by atoms with Gasteiger partial charge in [-0.2, -0.15) is 33.3 Å². The highest BCUT2D eigenvalue weighted by Crippen LogP contribution is 2.26. The molecular formula is C23H21F4N9O2. The Morgan fingerprint density at radius 2 is 1.92 bits per heavy atom. The number of nitriles is 1. The maximum atomic E-state index is 14.2. The van der Waals surface area contributed by atoms with Crippen LogP contribution < -0.4 is 10.6 Å². The molecule has 0 aromatic carbocycles. The average molecular weight is 531 g/mol. The molecule has 0 fully saturated rings. The molecule has 4 heterocycles. The van der Waals surface area contributed by atoms with Crippen molar-refractivity contribution >= 4 is 28.3 Å². The Balaban J connectivity index is 1.69. The van der Waals surface area contributed by atoms with E-state index in [-0.39, 0.29) is 22.8 Å². The van der Waals surface area contributed by atoms with E-state index in [1.165, 1.54) is 43.2 Å². The van der Waals surface area contributed by atoms with Gasteiger partial charge in [-0.25, -0.2) is 14.4 Å². The van der Waals surface area contributed by atoms with E-state index in [4.69, 9.17) is 5.26 Å². The Labute approximate surface area is 212 Å². The lowest BCUT2D eigenvalue weighted by Crippen LogP contribution is -2.42. The van der Waals surface area contributed by atoms with E-state index < -0.39 is 36.9 Å². The molecule has 0 unspecified atom stereocenters. The summed E-state index contributed by atoms with van der Waals surface area (Å²) in [7, 11) is 0. The molecule has 38 heavy (non-hydrogen) atoms. The number of amides is 1. The van der Waals surface area contributed by atoms with Crippen molar-refractivity contribution in [2.75, 3.05) is 11.9 Å². The molecule has 0 bridgehead atoms. The number of aliphatic hydroxyl groups is 1. The van der Waals surface area contributed by atoms with Crippen molar-refractivity contribution in [2.24, 2.45) is 0 Å². The summed E-state index contributed by atoms with van der Waals surface area (Å²) in [4.78, 5) is 21.4. The maximum Gasteiger partial charge on any atom is 0.408 e. The van der Waals surface area contributed by atoms with Crippen molar-refractivity contribution in [3.8, 4) is 11.9 Å². The smallest absolute Gasteiger partial charge is 0.387 e. The number of hydrogen-bond donors (Lipinski definition) is 3. The first-order valence-electron chi connectivity index (χ1n) is 11.1. The van der Waals surface area contributed by atoms with Gasteiger partial charge in [-0.1, -0.05) is 0 Å². The van der Waals surface area contributed by atoms with Crippen LogP contribution in [-0.2, 0) is 6.54 Å². The van der Waals surface area contributed by atoms with E-state index >= 15 is 0 Å². The largest absolute Gasteiger partial charge is 0.408 e. The molecule has 0 saturated heterocycles. The highest BCUT2D eigenvalue weighted by molar-refractivity contribution is 6.00. The highest BCUT2D eigenvalue weighted by atomic mass is 19.4. The number of nitrogens with one attached hydrogen (secondary N) is 2. The van der Waals surface area contributed by atoms with Gasteiger partial charge >= 0.3 is 6.18 Å². The molecule has 11 nitrogen and oxygen atoms in total. The lowest BCUT2D eigenvalue weighted by Gasteiger charge is -2.22. The van der Waals surface area contributed by atoms with Crippen molar-refractivity contribution in [3.05, 3.63) is 54.2 Å². The normalized spacial score (nSPS) is 12.8. The summed E-state index contributed by atoms with van der Waals surface area (Å²) < 4.78 is 54.4. The molecule has 4 aromatic heterocycles. The molecule has 4 rings (SSSR count). The zero-order chi connectivity index (χ0) is 27.7. The van der Waals surface area contributed by atoms with E-state index in [0.717, 1.165) is 12.4 Å². The lowest BCUT2D eigenvalue weighted by atomic mass is 10.0. The second kappa shape index (κ2) is 10.1. The molecular weight excluding hydrogens is 510 g/mol. The van der Waals surface area contributed by atoms with Crippen molar-refractivity contribution in [3.63, 3.8) is 0 Å². The Morgan fingerprint density at radius 1 is 1.16 bits per heavy atom. The van der Waals surface area contributed by atoms with Gasteiger partial charge in [0.05, 0.1) is 47.0 Å². The zero-order valence-corrected chi connectivity index (χ0v) is 20.0. The van der Waals surface area contributed by atoms with Gasteiger partial charge in [-0.15, -0.1) is 0 Å². The first-order valence-corrected chi connectivity index (χ1v) is 11.1. The van der Waals surface area contributed by atoms with Crippen LogP contribution in [0.25, 0.3) is 16.9 Å². The predicted molar refractivity (Wildman–Crippen MR) is 126 cm³/mol. The van der Waals surface area contributed by atoms with E-state index in [9.17, 15) is 27.5 Å². The number of hydrogen-bond acceptors (Lipinski definition) is 8. The van der Waals surface area contributed by atoms with Gasteiger partial charge in [0.15, 0.2) is 11.5 Å². The summed E-state index contributed by atoms with van der Waals surface area (Å²) in [6.45, 7) is 0.706. The molecule has 1 atom stereocenters. The summed E-state index contributed by atoms with van der Waals surface area (Å²) in [5, 5.41) is 32.6. The number of carbonyl (C=O) groups is 1. The van der Waals surface area contributed by atoms with Crippen molar-refractivity contribution in [1.29, 1.82) is 5.26 Å². The van der Waals surface area contributed by atoms with E-state index in [0.29, 0.717) is 21.3 Å². The fourth-order valence-electron chi connectivity index (χ4n) is 3.38. The van der Waals surface area contributed by atoms with E-state index in [1.807, 2.05) is 6.07 Å². The quantitative estimate of drug-likeness (QED) is 0.294. The number of pyridine rings is 2. The fourth-order valence-corrected chi connectivity index (χ4v) is 3.38. The second-order valence-electron chi connectivity index (χ2n) is 8.89. The van der Waals surface area contributed by atoms with Gasteiger partial charge in [-0.05, 0) is 19.9 Å². The number of rotatable bonds is 8. The van der Waals surface area contributed by atoms with Crippen molar-refractivity contribution < 1.29 is 27.5 Å². The van der Waals surface area contributed by atoms with Crippen molar-refractivity contribution in [2.45, 2.75) is 38.3 Å². The summed E-state index contributed by atoms with van der Waals surface area (Å²) in [5.74, 6) is -0.554. The minimum Gasteiger partial charge on any atom is -0.387 e. The SMILES string of the molecule is CC(C)(O)[C@H](F)CNC(=O)c1cnc(-n2ncc3cc(C#N)cnc32)cc1Nc1cnn(CC(F)(F)F)c1. The lowest BCUT2D eigenvalue weighted by molar-refractivity contribution is -0.142. The number of alkyl halides is 4. The number of anilines is 2. The molecule has 198 valence electrons.